The highest BCUT2D eigenvalue weighted by Crippen LogP contribution is 2.36. The lowest BCUT2D eigenvalue weighted by atomic mass is 10.3. The molecule has 0 aromatic heterocycles. The van der Waals surface area contributed by atoms with Crippen LogP contribution in [0.2, 0.25) is 0 Å². The summed E-state index contributed by atoms with van der Waals surface area (Å²) in [5.41, 5.74) is 1.53. The minimum atomic E-state index is 0.773. The van der Waals surface area contributed by atoms with Gasteiger partial charge in [-0.15, -0.1) is 23.5 Å². The van der Waals surface area contributed by atoms with Gasteiger partial charge in [0.25, 0.3) is 0 Å². The normalized spacial score (nSPS) is 23.1. The predicted molar refractivity (Wildman–Crippen MR) is 48.1 cm³/mol. The van der Waals surface area contributed by atoms with Crippen LogP contribution in [0.4, 0.5) is 0 Å². The largest absolute Gasteiger partial charge is 0.142 e. The first kappa shape index (κ1) is 7.55. The van der Waals surface area contributed by atoms with Crippen molar-refractivity contribution in [3.63, 3.8) is 0 Å². The highest BCUT2D eigenvalue weighted by Gasteiger charge is 2.16. The van der Waals surface area contributed by atoms with E-state index in [2.05, 4.69) is 43.4 Å². The zero-order valence-electron chi connectivity index (χ0n) is 5.89. The van der Waals surface area contributed by atoms with Crippen LogP contribution in [0.25, 0.3) is 0 Å². The Labute approximate surface area is 65.5 Å². The molecule has 0 radical (unpaired) electrons. The standard InChI is InChI=1S/C7H12S2/c1-3-6(2)7-8-4-5-9-7/h3,7H,4-5H2,1-2H3. The van der Waals surface area contributed by atoms with E-state index in [1.54, 1.807) is 0 Å². The van der Waals surface area contributed by atoms with E-state index in [9.17, 15) is 0 Å². The maximum absolute atomic E-state index is 2.22. The monoisotopic (exact) mass is 160 g/mol. The summed E-state index contributed by atoms with van der Waals surface area (Å²) in [5, 5.41) is 0. The molecule has 0 unspecified atom stereocenters. The molecule has 0 amide bonds. The van der Waals surface area contributed by atoms with E-state index < -0.39 is 0 Å². The second-order valence-corrected chi connectivity index (χ2v) is 4.83. The quantitative estimate of drug-likeness (QED) is 0.541. The number of allylic oxidation sites excluding steroid dienone is 1. The summed E-state index contributed by atoms with van der Waals surface area (Å²) in [4.78, 5) is 0. The topological polar surface area (TPSA) is 0 Å². The smallest absolute Gasteiger partial charge is 0.0709 e. The van der Waals surface area contributed by atoms with Crippen molar-refractivity contribution < 1.29 is 0 Å². The van der Waals surface area contributed by atoms with Crippen LogP contribution in [0.1, 0.15) is 13.8 Å². The first-order valence-corrected chi connectivity index (χ1v) is 5.30. The molecule has 0 aromatic carbocycles. The fraction of sp³-hybridized carbons (Fsp3) is 0.714. The number of hydrogen-bond donors (Lipinski definition) is 0. The Balaban J connectivity index is 2.42. The molecular formula is C7H12S2. The summed E-state index contributed by atoms with van der Waals surface area (Å²) in [7, 11) is 0. The van der Waals surface area contributed by atoms with Crippen LogP contribution in [0, 0.1) is 0 Å². The van der Waals surface area contributed by atoms with Gasteiger partial charge in [0.1, 0.15) is 0 Å². The zero-order valence-corrected chi connectivity index (χ0v) is 7.52. The van der Waals surface area contributed by atoms with Crippen molar-refractivity contribution >= 4 is 23.5 Å². The van der Waals surface area contributed by atoms with E-state index in [0.717, 1.165) is 4.58 Å². The molecule has 0 spiro atoms. The molecule has 0 N–H and O–H groups in total. The van der Waals surface area contributed by atoms with Gasteiger partial charge in [0.05, 0.1) is 4.58 Å². The van der Waals surface area contributed by atoms with E-state index in [1.807, 2.05) is 0 Å². The summed E-state index contributed by atoms with van der Waals surface area (Å²) in [6.07, 6.45) is 2.22. The van der Waals surface area contributed by atoms with E-state index in [4.69, 9.17) is 0 Å². The molecule has 52 valence electrons. The van der Waals surface area contributed by atoms with Crippen LogP contribution in [-0.4, -0.2) is 16.1 Å². The Morgan fingerprint density at radius 2 is 2.00 bits per heavy atom. The Bertz CT molecular complexity index is 112. The molecule has 0 aromatic rings. The van der Waals surface area contributed by atoms with Gasteiger partial charge in [0.15, 0.2) is 0 Å². The minimum Gasteiger partial charge on any atom is -0.142 e. The van der Waals surface area contributed by atoms with Gasteiger partial charge in [0.2, 0.25) is 0 Å². The third-order valence-corrected chi connectivity index (χ3v) is 4.75. The van der Waals surface area contributed by atoms with Crippen LogP contribution in [0.3, 0.4) is 0 Å². The van der Waals surface area contributed by atoms with Crippen LogP contribution >= 0.6 is 23.5 Å². The number of rotatable bonds is 1. The Morgan fingerprint density at radius 1 is 1.44 bits per heavy atom. The Hall–Kier alpha value is 0.440. The van der Waals surface area contributed by atoms with Crippen molar-refractivity contribution in [1.29, 1.82) is 0 Å². The fourth-order valence-electron chi connectivity index (χ4n) is 0.757. The Morgan fingerprint density at radius 3 is 2.44 bits per heavy atom. The third-order valence-electron chi connectivity index (χ3n) is 1.45. The zero-order chi connectivity index (χ0) is 6.69. The highest BCUT2D eigenvalue weighted by atomic mass is 32.2. The SMILES string of the molecule is CC=C(C)C1SCCS1. The molecule has 1 fully saturated rings. The second-order valence-electron chi connectivity index (χ2n) is 2.11. The van der Waals surface area contributed by atoms with Crippen molar-refractivity contribution in [2.75, 3.05) is 11.5 Å². The third kappa shape index (κ3) is 1.94. The molecule has 0 aliphatic carbocycles. The van der Waals surface area contributed by atoms with E-state index in [1.165, 1.54) is 17.1 Å². The van der Waals surface area contributed by atoms with Crippen LogP contribution in [0.5, 0.6) is 0 Å². The van der Waals surface area contributed by atoms with Crippen molar-refractivity contribution in [2.24, 2.45) is 0 Å². The fourth-order valence-corrected chi connectivity index (χ4v) is 3.72. The van der Waals surface area contributed by atoms with Crippen LogP contribution in [0.15, 0.2) is 11.6 Å². The van der Waals surface area contributed by atoms with E-state index >= 15 is 0 Å². The first-order chi connectivity index (χ1) is 4.34. The van der Waals surface area contributed by atoms with Gasteiger partial charge in [-0.05, 0) is 13.8 Å². The molecule has 0 saturated carbocycles. The van der Waals surface area contributed by atoms with Crippen LogP contribution < -0.4 is 0 Å². The Kier molecular flexibility index (Phi) is 2.99. The first-order valence-electron chi connectivity index (χ1n) is 3.20. The molecule has 1 saturated heterocycles. The summed E-state index contributed by atoms with van der Waals surface area (Å²) in [5.74, 6) is 2.67. The van der Waals surface area contributed by atoms with E-state index in [0.29, 0.717) is 0 Å². The maximum atomic E-state index is 2.22. The van der Waals surface area contributed by atoms with Gasteiger partial charge < -0.3 is 0 Å². The molecule has 1 aliphatic rings. The van der Waals surface area contributed by atoms with Gasteiger partial charge >= 0.3 is 0 Å². The van der Waals surface area contributed by atoms with E-state index in [-0.39, 0.29) is 0 Å². The molecule has 1 aliphatic heterocycles. The van der Waals surface area contributed by atoms with Gasteiger partial charge in [-0.1, -0.05) is 11.6 Å². The average Bonchev–Trinajstić information content (AvgIpc) is 2.37. The summed E-state index contributed by atoms with van der Waals surface area (Å²) in [6, 6.07) is 0. The lowest BCUT2D eigenvalue weighted by Gasteiger charge is -2.05. The van der Waals surface area contributed by atoms with Gasteiger partial charge in [0, 0.05) is 11.5 Å². The van der Waals surface area contributed by atoms with Crippen molar-refractivity contribution in [3.8, 4) is 0 Å². The number of hydrogen-bond acceptors (Lipinski definition) is 2. The van der Waals surface area contributed by atoms with Crippen molar-refractivity contribution in [1.82, 2.24) is 0 Å². The lowest BCUT2D eigenvalue weighted by Crippen LogP contribution is -1.91. The summed E-state index contributed by atoms with van der Waals surface area (Å²) >= 11 is 4.14. The predicted octanol–water partition coefficient (Wildman–Crippen LogP) is 2.76. The van der Waals surface area contributed by atoms with Crippen molar-refractivity contribution in [3.05, 3.63) is 11.6 Å². The van der Waals surface area contributed by atoms with Crippen molar-refractivity contribution in [2.45, 2.75) is 18.4 Å². The molecule has 0 atom stereocenters. The second kappa shape index (κ2) is 3.57. The molecular weight excluding hydrogens is 148 g/mol. The average molecular weight is 160 g/mol. The lowest BCUT2D eigenvalue weighted by molar-refractivity contribution is 1.33. The molecule has 1 heterocycles. The molecule has 0 bridgehead atoms. The highest BCUT2D eigenvalue weighted by molar-refractivity contribution is 8.20. The summed E-state index contributed by atoms with van der Waals surface area (Å²) < 4.78 is 0.773. The summed E-state index contributed by atoms with van der Waals surface area (Å²) in [6.45, 7) is 4.34. The molecule has 9 heavy (non-hydrogen) atoms. The van der Waals surface area contributed by atoms with Crippen LogP contribution in [-0.2, 0) is 0 Å². The van der Waals surface area contributed by atoms with Gasteiger partial charge in [-0.25, -0.2) is 0 Å². The molecule has 1 rings (SSSR count). The minimum absolute atomic E-state index is 0.773. The number of thioether (sulfide) groups is 2. The van der Waals surface area contributed by atoms with Gasteiger partial charge in [-0.3, -0.25) is 0 Å². The molecule has 0 nitrogen and oxygen atoms in total. The molecule has 2 heteroatoms. The van der Waals surface area contributed by atoms with Gasteiger partial charge in [-0.2, -0.15) is 0 Å². The maximum Gasteiger partial charge on any atom is 0.0709 e.